The Balaban J connectivity index is 1.85. The Morgan fingerprint density at radius 2 is 1.71 bits per heavy atom. The number of aromatic nitrogens is 4. The number of fused-ring (bicyclic) bond motifs is 1. The second-order valence-electron chi connectivity index (χ2n) is 7.45. The number of hydrogen-bond acceptors (Lipinski definition) is 5. The summed E-state index contributed by atoms with van der Waals surface area (Å²) in [5.74, 6) is -0.404. The van der Waals surface area contributed by atoms with Gasteiger partial charge in [-0.2, -0.15) is 5.10 Å². The number of hydrogen-bond donors (Lipinski definition) is 1. The maximum atomic E-state index is 14.3. The lowest BCUT2D eigenvalue weighted by atomic mass is 9.74. The first kappa shape index (κ1) is 18.4. The monoisotopic (exact) mass is 382 g/mol. The van der Waals surface area contributed by atoms with Crippen LogP contribution in [0.3, 0.4) is 0 Å². The molecule has 0 aliphatic heterocycles. The van der Waals surface area contributed by atoms with Gasteiger partial charge in [0, 0.05) is 0 Å². The lowest BCUT2D eigenvalue weighted by molar-refractivity contribution is 0.403. The van der Waals surface area contributed by atoms with Crippen molar-refractivity contribution in [1.82, 2.24) is 20.2 Å². The molecule has 0 radical (unpaired) electrons. The van der Waals surface area contributed by atoms with Crippen molar-refractivity contribution in [2.75, 3.05) is 0 Å². The normalized spacial score (nSPS) is 18.9. The van der Waals surface area contributed by atoms with Crippen LogP contribution in [-0.4, -0.2) is 25.3 Å². The third-order valence-corrected chi connectivity index (χ3v) is 5.34. The Kier molecular flexibility index (Phi) is 4.75. The molecule has 3 aromatic rings. The van der Waals surface area contributed by atoms with Crippen molar-refractivity contribution >= 4 is 0 Å². The summed E-state index contributed by atoms with van der Waals surface area (Å²) in [5.41, 5.74) is 1.68. The zero-order valence-corrected chi connectivity index (χ0v) is 15.6. The second-order valence-corrected chi connectivity index (χ2v) is 7.45. The van der Waals surface area contributed by atoms with Crippen molar-refractivity contribution in [3.8, 4) is 17.0 Å². The van der Waals surface area contributed by atoms with Crippen molar-refractivity contribution in [2.45, 2.75) is 38.5 Å². The lowest BCUT2D eigenvalue weighted by Crippen LogP contribution is -2.22. The van der Waals surface area contributed by atoms with Crippen LogP contribution in [0.25, 0.3) is 11.3 Å². The van der Waals surface area contributed by atoms with Crippen molar-refractivity contribution in [2.24, 2.45) is 5.92 Å². The Labute approximate surface area is 161 Å². The van der Waals surface area contributed by atoms with E-state index in [1.54, 1.807) is 6.07 Å². The summed E-state index contributed by atoms with van der Waals surface area (Å²) in [4.78, 5) is 8.46. The van der Waals surface area contributed by atoms with Gasteiger partial charge in [0.1, 0.15) is 17.5 Å². The van der Waals surface area contributed by atoms with Crippen molar-refractivity contribution in [1.29, 1.82) is 0 Å². The number of nitrogens with zero attached hydrogens (tertiary/aromatic N) is 4. The van der Waals surface area contributed by atoms with Gasteiger partial charge in [-0.05, 0) is 48.4 Å². The molecule has 1 aliphatic rings. The zero-order valence-electron chi connectivity index (χ0n) is 15.6. The number of halogens is 2. The van der Waals surface area contributed by atoms with Gasteiger partial charge in [-0.1, -0.05) is 19.9 Å². The molecule has 0 spiro atoms. The van der Waals surface area contributed by atoms with E-state index in [9.17, 15) is 13.9 Å². The summed E-state index contributed by atoms with van der Waals surface area (Å²) >= 11 is 0. The molecule has 0 fully saturated rings. The molecule has 0 saturated heterocycles. The minimum atomic E-state index is -0.662. The van der Waals surface area contributed by atoms with E-state index in [0.29, 0.717) is 11.7 Å². The van der Waals surface area contributed by atoms with E-state index in [1.807, 2.05) is 0 Å². The van der Waals surface area contributed by atoms with Gasteiger partial charge in [-0.15, -0.1) is 5.10 Å². The van der Waals surface area contributed by atoms with Gasteiger partial charge in [0.15, 0.2) is 5.75 Å². The van der Waals surface area contributed by atoms with E-state index in [0.717, 1.165) is 24.1 Å². The smallest absolute Gasteiger partial charge is 0.152 e. The van der Waals surface area contributed by atoms with Gasteiger partial charge in [0.2, 0.25) is 0 Å². The van der Waals surface area contributed by atoms with E-state index in [-0.39, 0.29) is 28.8 Å². The molecule has 2 unspecified atom stereocenters. The van der Waals surface area contributed by atoms with E-state index in [4.69, 9.17) is 0 Å². The van der Waals surface area contributed by atoms with Crippen LogP contribution < -0.4 is 0 Å². The molecule has 0 bridgehead atoms. The average Bonchev–Trinajstić information content (AvgIpc) is 2.67. The quantitative estimate of drug-likeness (QED) is 0.718. The molecule has 28 heavy (non-hydrogen) atoms. The largest absolute Gasteiger partial charge is 0.505 e. The fraction of sp³-hybridized carbons (Fsp3) is 0.333. The van der Waals surface area contributed by atoms with E-state index < -0.39 is 11.6 Å². The summed E-state index contributed by atoms with van der Waals surface area (Å²) < 4.78 is 28.5. The molecule has 2 heterocycles. The summed E-state index contributed by atoms with van der Waals surface area (Å²) in [7, 11) is 0. The standard InChI is InChI=1S/C21H20F2N4O/c1-11(2)13-6-7-14(21-24-9-12(28)10-25-21)20-15(13)8-18(26-27-20)19-16(22)4-3-5-17(19)23/h3-5,8-11,13-14,28H,6-7H2,1-2H3. The number of benzene rings is 1. The number of aromatic hydroxyl groups is 1. The average molecular weight is 382 g/mol. The van der Waals surface area contributed by atoms with Gasteiger partial charge in [-0.25, -0.2) is 18.7 Å². The van der Waals surface area contributed by atoms with Crippen molar-refractivity contribution < 1.29 is 13.9 Å². The molecule has 2 atom stereocenters. The Morgan fingerprint density at radius 1 is 1.04 bits per heavy atom. The van der Waals surface area contributed by atoms with Crippen LogP contribution in [0.1, 0.15) is 55.6 Å². The van der Waals surface area contributed by atoms with Gasteiger partial charge >= 0.3 is 0 Å². The molecule has 0 saturated carbocycles. The highest BCUT2D eigenvalue weighted by Gasteiger charge is 2.34. The first-order valence-electron chi connectivity index (χ1n) is 9.28. The molecule has 7 heteroatoms. The highest BCUT2D eigenvalue weighted by molar-refractivity contribution is 5.62. The van der Waals surface area contributed by atoms with Crippen LogP contribution in [0.2, 0.25) is 0 Å². The fourth-order valence-electron chi connectivity index (χ4n) is 3.94. The third-order valence-electron chi connectivity index (χ3n) is 5.34. The van der Waals surface area contributed by atoms with E-state index in [1.165, 1.54) is 30.6 Å². The minimum absolute atomic E-state index is 0.00343. The molecule has 4 rings (SSSR count). The van der Waals surface area contributed by atoms with Crippen LogP contribution >= 0.6 is 0 Å². The first-order chi connectivity index (χ1) is 13.5. The predicted molar refractivity (Wildman–Crippen MR) is 99.7 cm³/mol. The predicted octanol–water partition coefficient (Wildman–Crippen LogP) is 4.58. The zero-order chi connectivity index (χ0) is 19.8. The van der Waals surface area contributed by atoms with Crippen molar-refractivity contribution in [3.63, 3.8) is 0 Å². The molecular weight excluding hydrogens is 362 g/mol. The Bertz CT molecular complexity index is 988. The summed E-state index contributed by atoms with van der Waals surface area (Å²) in [5, 5.41) is 18.0. The van der Waals surface area contributed by atoms with Crippen LogP contribution in [-0.2, 0) is 0 Å². The molecule has 1 aromatic carbocycles. The van der Waals surface area contributed by atoms with Crippen molar-refractivity contribution in [3.05, 3.63) is 65.4 Å². The molecule has 0 amide bonds. The van der Waals surface area contributed by atoms with E-state index in [2.05, 4.69) is 34.0 Å². The maximum Gasteiger partial charge on any atom is 0.152 e. The lowest BCUT2D eigenvalue weighted by Gasteiger charge is -2.32. The molecule has 144 valence electrons. The van der Waals surface area contributed by atoms with Crippen LogP contribution in [0, 0.1) is 17.6 Å². The molecular formula is C21H20F2N4O. The summed E-state index contributed by atoms with van der Waals surface area (Å²) in [6, 6.07) is 5.51. The SMILES string of the molecule is CC(C)C1CCC(c2ncc(O)cn2)c2nnc(-c3c(F)cccc3F)cc21. The third kappa shape index (κ3) is 3.21. The van der Waals surface area contributed by atoms with Gasteiger partial charge in [0.25, 0.3) is 0 Å². The topological polar surface area (TPSA) is 71.8 Å². The summed E-state index contributed by atoms with van der Waals surface area (Å²) in [6.45, 7) is 4.24. The van der Waals surface area contributed by atoms with Crippen LogP contribution in [0.15, 0.2) is 36.7 Å². The van der Waals surface area contributed by atoms with Gasteiger partial charge in [0.05, 0.1) is 35.3 Å². The second kappa shape index (κ2) is 7.22. The van der Waals surface area contributed by atoms with E-state index >= 15 is 0 Å². The fourth-order valence-corrected chi connectivity index (χ4v) is 3.94. The minimum Gasteiger partial charge on any atom is -0.505 e. The summed E-state index contributed by atoms with van der Waals surface area (Å²) in [6.07, 6.45) is 4.38. The Hall–Kier alpha value is -2.96. The van der Waals surface area contributed by atoms with Crippen LogP contribution in [0.5, 0.6) is 5.75 Å². The molecule has 5 nitrogen and oxygen atoms in total. The molecule has 1 N–H and O–H groups in total. The van der Waals surface area contributed by atoms with Crippen LogP contribution in [0.4, 0.5) is 8.78 Å². The Morgan fingerprint density at radius 3 is 2.36 bits per heavy atom. The molecule has 1 aliphatic carbocycles. The van der Waals surface area contributed by atoms with Gasteiger partial charge < -0.3 is 5.11 Å². The highest BCUT2D eigenvalue weighted by Crippen LogP contribution is 2.44. The van der Waals surface area contributed by atoms with Gasteiger partial charge in [-0.3, -0.25) is 0 Å². The maximum absolute atomic E-state index is 14.3. The molecule has 2 aromatic heterocycles. The first-order valence-corrected chi connectivity index (χ1v) is 9.28. The number of rotatable bonds is 3. The highest BCUT2D eigenvalue weighted by atomic mass is 19.1.